The molecule has 0 radical (unpaired) electrons. The minimum Gasteiger partial charge on any atom is -0.338 e. The fourth-order valence-electron chi connectivity index (χ4n) is 2.57. The van der Waals surface area contributed by atoms with Crippen LogP contribution in [0.2, 0.25) is 10.0 Å². The van der Waals surface area contributed by atoms with Gasteiger partial charge in [0.1, 0.15) is 12.1 Å². The molecule has 1 aromatic carbocycles. The van der Waals surface area contributed by atoms with E-state index in [-0.39, 0.29) is 10.9 Å². The van der Waals surface area contributed by atoms with Crippen molar-refractivity contribution in [3.05, 3.63) is 33.8 Å². The lowest BCUT2D eigenvalue weighted by atomic mass is 9.92. The highest BCUT2D eigenvalue weighted by Gasteiger charge is 2.50. The normalized spacial score (nSPS) is 19.3. The maximum absolute atomic E-state index is 12.8. The van der Waals surface area contributed by atoms with Crippen molar-refractivity contribution >= 4 is 47.1 Å². The van der Waals surface area contributed by atoms with Gasteiger partial charge >= 0.3 is 12.1 Å². The predicted octanol–water partition coefficient (Wildman–Crippen LogP) is 2.24. The Kier molecular flexibility index (Phi) is 6.33. The highest BCUT2D eigenvalue weighted by atomic mass is 35.5. The molecule has 1 saturated heterocycles. The van der Waals surface area contributed by atoms with E-state index >= 15 is 0 Å². The van der Waals surface area contributed by atoms with Crippen LogP contribution >= 0.6 is 23.2 Å². The second kappa shape index (κ2) is 8.14. The Bertz CT molecular complexity index is 799. The summed E-state index contributed by atoms with van der Waals surface area (Å²) in [6.07, 6.45) is 0. The Morgan fingerprint density at radius 2 is 1.93 bits per heavy atom. The number of nitrogens with one attached hydrogen (secondary N) is 3. The van der Waals surface area contributed by atoms with Crippen LogP contribution in [0.15, 0.2) is 18.2 Å². The topological polar surface area (TPSA) is 108 Å². The standard InChI is InChI=1S/C17H20Cl2N4O4/c1-9(2)7-20-15(26)21-13(24)8-23-14(25)17(3,22-16(23)27)11-5-4-10(18)6-12(11)19/h4-6,9H,7-8H2,1-3H3,(H,22,27)(H2,20,21,24,26). The van der Waals surface area contributed by atoms with E-state index in [1.54, 1.807) is 6.07 Å². The molecule has 0 aliphatic carbocycles. The van der Waals surface area contributed by atoms with Crippen molar-refractivity contribution in [2.24, 2.45) is 5.92 Å². The predicted molar refractivity (Wildman–Crippen MR) is 100 cm³/mol. The number of carbonyl (C=O) groups excluding carboxylic acids is 4. The third-order valence-corrected chi connectivity index (χ3v) is 4.52. The Morgan fingerprint density at radius 3 is 2.52 bits per heavy atom. The van der Waals surface area contributed by atoms with Gasteiger partial charge in [-0.15, -0.1) is 0 Å². The fraction of sp³-hybridized carbons (Fsp3) is 0.412. The first kappa shape index (κ1) is 21.0. The Hall–Kier alpha value is -2.32. The van der Waals surface area contributed by atoms with E-state index in [1.807, 2.05) is 13.8 Å². The van der Waals surface area contributed by atoms with E-state index in [0.29, 0.717) is 17.1 Å². The Morgan fingerprint density at radius 1 is 1.26 bits per heavy atom. The molecule has 1 heterocycles. The number of urea groups is 2. The van der Waals surface area contributed by atoms with E-state index in [0.717, 1.165) is 4.90 Å². The first-order valence-electron chi connectivity index (χ1n) is 8.22. The van der Waals surface area contributed by atoms with Gasteiger partial charge in [-0.3, -0.25) is 19.8 Å². The summed E-state index contributed by atoms with van der Waals surface area (Å²) in [6.45, 7) is 5.07. The summed E-state index contributed by atoms with van der Waals surface area (Å²) in [5.41, 5.74) is -1.09. The highest BCUT2D eigenvalue weighted by molar-refractivity contribution is 6.35. The zero-order valence-electron chi connectivity index (χ0n) is 15.1. The van der Waals surface area contributed by atoms with Crippen LogP contribution in [0.25, 0.3) is 0 Å². The zero-order valence-corrected chi connectivity index (χ0v) is 16.6. The SMILES string of the molecule is CC(C)CNC(=O)NC(=O)CN1C(=O)NC(C)(c2ccc(Cl)cc2Cl)C1=O. The molecule has 1 atom stereocenters. The van der Waals surface area contributed by atoms with Gasteiger partial charge in [0.2, 0.25) is 5.91 Å². The highest BCUT2D eigenvalue weighted by Crippen LogP contribution is 2.34. The second-order valence-electron chi connectivity index (χ2n) is 6.72. The van der Waals surface area contributed by atoms with Gasteiger partial charge in [-0.2, -0.15) is 0 Å². The number of nitrogens with zero attached hydrogens (tertiary/aromatic N) is 1. The minimum atomic E-state index is -1.45. The van der Waals surface area contributed by atoms with Crippen LogP contribution in [0.1, 0.15) is 26.3 Å². The van der Waals surface area contributed by atoms with E-state index in [1.165, 1.54) is 19.1 Å². The van der Waals surface area contributed by atoms with Crippen molar-refractivity contribution in [2.45, 2.75) is 26.3 Å². The molecule has 3 N–H and O–H groups in total. The van der Waals surface area contributed by atoms with Gasteiger partial charge in [0.25, 0.3) is 5.91 Å². The summed E-state index contributed by atoms with van der Waals surface area (Å²) in [5, 5.41) is 7.72. The van der Waals surface area contributed by atoms with Crippen LogP contribution in [0.3, 0.4) is 0 Å². The maximum Gasteiger partial charge on any atom is 0.325 e. The molecule has 8 nitrogen and oxygen atoms in total. The summed E-state index contributed by atoms with van der Waals surface area (Å²) in [5.74, 6) is -1.23. The van der Waals surface area contributed by atoms with Gasteiger partial charge in [0.05, 0.1) is 0 Å². The van der Waals surface area contributed by atoms with Gasteiger partial charge in [0.15, 0.2) is 0 Å². The molecule has 1 aromatic rings. The van der Waals surface area contributed by atoms with Crippen LogP contribution in [0.5, 0.6) is 0 Å². The molecule has 146 valence electrons. The van der Waals surface area contributed by atoms with Gasteiger partial charge in [-0.25, -0.2) is 9.59 Å². The van der Waals surface area contributed by atoms with Crippen LogP contribution in [-0.2, 0) is 15.1 Å². The number of imide groups is 2. The molecule has 1 aliphatic rings. The van der Waals surface area contributed by atoms with Crippen molar-refractivity contribution in [2.75, 3.05) is 13.1 Å². The summed E-state index contributed by atoms with van der Waals surface area (Å²) >= 11 is 12.0. The van der Waals surface area contributed by atoms with Crippen LogP contribution in [0.4, 0.5) is 9.59 Å². The van der Waals surface area contributed by atoms with E-state index in [9.17, 15) is 19.2 Å². The number of carbonyl (C=O) groups is 4. The van der Waals surface area contributed by atoms with Crippen molar-refractivity contribution < 1.29 is 19.2 Å². The summed E-state index contributed by atoms with van der Waals surface area (Å²) in [7, 11) is 0. The molecule has 6 amide bonds. The van der Waals surface area contributed by atoms with Gasteiger partial charge < -0.3 is 10.6 Å². The monoisotopic (exact) mass is 414 g/mol. The number of rotatable bonds is 5. The molecule has 1 fully saturated rings. The molecule has 0 aromatic heterocycles. The minimum absolute atomic E-state index is 0.206. The lowest BCUT2D eigenvalue weighted by molar-refractivity contribution is -0.134. The molecular weight excluding hydrogens is 395 g/mol. The van der Waals surface area contributed by atoms with Crippen molar-refractivity contribution in [1.82, 2.24) is 20.9 Å². The van der Waals surface area contributed by atoms with E-state index < -0.39 is 36.0 Å². The van der Waals surface area contributed by atoms with Gasteiger partial charge in [-0.05, 0) is 25.0 Å². The lowest BCUT2D eigenvalue weighted by Gasteiger charge is -2.23. The molecule has 1 aliphatic heterocycles. The number of benzene rings is 1. The van der Waals surface area contributed by atoms with Crippen molar-refractivity contribution in [1.29, 1.82) is 0 Å². The molecule has 10 heteroatoms. The largest absolute Gasteiger partial charge is 0.338 e. The van der Waals surface area contributed by atoms with Gasteiger partial charge in [0, 0.05) is 22.2 Å². The number of hydrogen-bond acceptors (Lipinski definition) is 4. The second-order valence-corrected chi connectivity index (χ2v) is 7.57. The first-order chi connectivity index (χ1) is 12.5. The van der Waals surface area contributed by atoms with Crippen LogP contribution in [-0.4, -0.2) is 41.9 Å². The average Bonchev–Trinajstić information content (AvgIpc) is 2.76. The third-order valence-electron chi connectivity index (χ3n) is 3.97. The van der Waals surface area contributed by atoms with Crippen molar-refractivity contribution in [3.63, 3.8) is 0 Å². The smallest absolute Gasteiger partial charge is 0.325 e. The van der Waals surface area contributed by atoms with E-state index in [4.69, 9.17) is 23.2 Å². The van der Waals surface area contributed by atoms with Crippen LogP contribution < -0.4 is 16.0 Å². The number of halogens is 2. The first-order valence-corrected chi connectivity index (χ1v) is 8.97. The third kappa shape index (κ3) is 4.70. The quantitative estimate of drug-likeness (QED) is 0.641. The summed E-state index contributed by atoms with van der Waals surface area (Å²) in [6, 6.07) is 3.08. The van der Waals surface area contributed by atoms with Crippen LogP contribution in [0, 0.1) is 5.92 Å². The number of amides is 6. The molecular formula is C17H20Cl2N4O4. The van der Waals surface area contributed by atoms with E-state index in [2.05, 4.69) is 16.0 Å². The number of hydrogen-bond donors (Lipinski definition) is 3. The Balaban J connectivity index is 2.09. The molecule has 27 heavy (non-hydrogen) atoms. The molecule has 0 bridgehead atoms. The molecule has 2 rings (SSSR count). The fourth-order valence-corrected chi connectivity index (χ4v) is 3.17. The summed E-state index contributed by atoms with van der Waals surface area (Å²) in [4.78, 5) is 49.4. The zero-order chi connectivity index (χ0) is 20.4. The summed E-state index contributed by atoms with van der Waals surface area (Å²) < 4.78 is 0. The average molecular weight is 415 g/mol. The lowest BCUT2D eigenvalue weighted by Crippen LogP contribution is -2.47. The molecule has 0 saturated carbocycles. The molecule has 1 unspecified atom stereocenters. The molecule has 0 spiro atoms. The van der Waals surface area contributed by atoms with Gasteiger partial charge in [-0.1, -0.05) is 43.1 Å². The Labute approximate surface area is 166 Å². The van der Waals surface area contributed by atoms with Crippen molar-refractivity contribution in [3.8, 4) is 0 Å². The maximum atomic E-state index is 12.8.